The monoisotopic (exact) mass is 450 g/mol. The Hall–Kier alpha value is -0.490. The van der Waals surface area contributed by atoms with Crippen LogP contribution in [0.3, 0.4) is 0 Å². The quantitative estimate of drug-likeness (QED) is 0.368. The van der Waals surface area contributed by atoms with Gasteiger partial charge in [0.1, 0.15) is 5.82 Å². The smallest absolute Gasteiger partial charge is 0.115 e. The summed E-state index contributed by atoms with van der Waals surface area (Å²) in [7, 11) is 0. The third-order valence-electron chi connectivity index (χ3n) is 3.15. The molecule has 0 aliphatic carbocycles. The molecule has 0 aliphatic rings. The Bertz CT molecular complexity index is 814. The maximum atomic E-state index is 6.35. The molecule has 0 fully saturated rings. The van der Waals surface area contributed by atoms with Crippen molar-refractivity contribution in [1.29, 1.82) is 0 Å². The van der Waals surface area contributed by atoms with Gasteiger partial charge in [-0.05, 0) is 59.0 Å². The van der Waals surface area contributed by atoms with Crippen molar-refractivity contribution in [3.05, 3.63) is 55.8 Å². The molecular formula is C15H10Cl3IN2. The maximum Gasteiger partial charge on any atom is 0.115 e. The number of hydrogen-bond donors (Lipinski definition) is 0. The van der Waals surface area contributed by atoms with Gasteiger partial charge >= 0.3 is 0 Å². The molecule has 2 nitrogen and oxygen atoms in total. The van der Waals surface area contributed by atoms with Gasteiger partial charge in [0.05, 0.1) is 21.7 Å². The van der Waals surface area contributed by atoms with Crippen molar-refractivity contribution in [2.75, 3.05) is 5.88 Å². The second-order valence-corrected chi connectivity index (χ2v) is 7.00. The van der Waals surface area contributed by atoms with Crippen LogP contribution in [0.5, 0.6) is 0 Å². The summed E-state index contributed by atoms with van der Waals surface area (Å²) in [6, 6.07) is 11.5. The predicted octanol–water partition coefficient (Wildman–Crippen LogP) is 5.72. The van der Waals surface area contributed by atoms with Crippen molar-refractivity contribution >= 4 is 68.4 Å². The van der Waals surface area contributed by atoms with Gasteiger partial charge in [0.15, 0.2) is 0 Å². The first-order chi connectivity index (χ1) is 10.1. The van der Waals surface area contributed by atoms with Crippen LogP contribution in [0.15, 0.2) is 36.4 Å². The van der Waals surface area contributed by atoms with Crippen molar-refractivity contribution in [1.82, 2.24) is 9.55 Å². The molecule has 2 aromatic carbocycles. The van der Waals surface area contributed by atoms with E-state index in [1.807, 2.05) is 28.8 Å². The standard InChI is InChI=1S/C15H10Cl3IN2/c16-6-5-15-20-12-8-10(19)2-4-13(12)21(15)14-7-9(17)1-3-11(14)18/h1-4,7-8H,5-6H2. The van der Waals surface area contributed by atoms with Crippen molar-refractivity contribution in [2.24, 2.45) is 0 Å². The summed E-state index contributed by atoms with van der Waals surface area (Å²) in [6.07, 6.45) is 0.662. The lowest BCUT2D eigenvalue weighted by Crippen LogP contribution is -2.03. The zero-order valence-electron chi connectivity index (χ0n) is 10.8. The second kappa shape index (κ2) is 6.32. The molecule has 0 N–H and O–H groups in total. The summed E-state index contributed by atoms with van der Waals surface area (Å²) >= 11 is 20.7. The molecule has 3 rings (SSSR count). The lowest BCUT2D eigenvalue weighted by Gasteiger charge is -2.11. The Morgan fingerprint density at radius 3 is 2.67 bits per heavy atom. The summed E-state index contributed by atoms with van der Waals surface area (Å²) in [5.74, 6) is 1.38. The van der Waals surface area contributed by atoms with Crippen molar-refractivity contribution in [3.8, 4) is 5.69 Å². The minimum atomic E-state index is 0.499. The molecule has 0 radical (unpaired) electrons. The van der Waals surface area contributed by atoms with Crippen molar-refractivity contribution in [2.45, 2.75) is 6.42 Å². The molecule has 0 saturated carbocycles. The highest BCUT2D eigenvalue weighted by Crippen LogP contribution is 2.30. The van der Waals surface area contributed by atoms with Crippen LogP contribution in [0.1, 0.15) is 5.82 Å². The number of hydrogen-bond acceptors (Lipinski definition) is 1. The Morgan fingerprint density at radius 2 is 1.90 bits per heavy atom. The van der Waals surface area contributed by atoms with E-state index in [2.05, 4.69) is 27.6 Å². The first kappa shape index (κ1) is 15.4. The third kappa shape index (κ3) is 3.02. The van der Waals surface area contributed by atoms with Crippen LogP contribution in [0.25, 0.3) is 16.7 Å². The van der Waals surface area contributed by atoms with Crippen LogP contribution in [-0.2, 0) is 6.42 Å². The van der Waals surface area contributed by atoms with Gasteiger partial charge in [-0.15, -0.1) is 11.6 Å². The molecule has 0 spiro atoms. The molecule has 0 bridgehead atoms. The Morgan fingerprint density at radius 1 is 1.10 bits per heavy atom. The molecule has 3 aromatic rings. The Labute approximate surface area is 151 Å². The Kier molecular flexibility index (Phi) is 4.64. The van der Waals surface area contributed by atoms with E-state index in [4.69, 9.17) is 34.8 Å². The summed E-state index contributed by atoms with van der Waals surface area (Å²) < 4.78 is 3.17. The van der Waals surface area contributed by atoms with Crippen molar-refractivity contribution < 1.29 is 0 Å². The van der Waals surface area contributed by atoms with Crippen LogP contribution in [0, 0.1) is 3.57 Å². The number of imidazole rings is 1. The van der Waals surface area contributed by atoms with E-state index in [0.29, 0.717) is 22.3 Å². The van der Waals surface area contributed by atoms with E-state index in [1.165, 1.54) is 0 Å². The molecule has 6 heteroatoms. The zero-order chi connectivity index (χ0) is 15.0. The number of alkyl halides is 1. The second-order valence-electron chi connectivity index (χ2n) is 4.53. The van der Waals surface area contributed by atoms with Gasteiger partial charge in [-0.25, -0.2) is 4.98 Å². The summed E-state index contributed by atoms with van der Waals surface area (Å²) in [5.41, 5.74) is 2.76. The minimum Gasteiger partial charge on any atom is -0.295 e. The lowest BCUT2D eigenvalue weighted by atomic mass is 10.2. The Balaban J connectivity index is 2.33. The molecule has 0 aliphatic heterocycles. The summed E-state index contributed by atoms with van der Waals surface area (Å²) in [4.78, 5) is 4.68. The molecule has 108 valence electrons. The fourth-order valence-corrected chi connectivity index (χ4v) is 3.29. The lowest BCUT2D eigenvalue weighted by molar-refractivity contribution is 0.912. The van der Waals surface area contributed by atoms with Crippen molar-refractivity contribution in [3.63, 3.8) is 0 Å². The van der Waals surface area contributed by atoms with Gasteiger partial charge in [-0.1, -0.05) is 23.2 Å². The predicted molar refractivity (Wildman–Crippen MR) is 98.2 cm³/mol. The first-order valence-electron chi connectivity index (χ1n) is 6.28. The fourth-order valence-electron chi connectivity index (χ4n) is 2.28. The fraction of sp³-hybridized carbons (Fsp3) is 0.133. The van der Waals surface area contributed by atoms with Gasteiger partial charge in [0.25, 0.3) is 0 Å². The van der Waals surface area contributed by atoms with Crippen LogP contribution in [0.2, 0.25) is 10.0 Å². The molecular weight excluding hydrogens is 441 g/mol. The molecule has 0 saturated heterocycles. The van der Waals surface area contributed by atoms with Crippen LogP contribution in [-0.4, -0.2) is 15.4 Å². The van der Waals surface area contributed by atoms with Crippen LogP contribution in [0.4, 0.5) is 0 Å². The highest BCUT2D eigenvalue weighted by atomic mass is 127. The topological polar surface area (TPSA) is 17.8 Å². The van der Waals surface area contributed by atoms with E-state index in [0.717, 1.165) is 26.1 Å². The SMILES string of the molecule is ClCCc1nc2cc(I)ccc2n1-c1cc(Cl)ccc1Cl. The summed E-state index contributed by atoms with van der Waals surface area (Å²) in [6.45, 7) is 0. The van der Waals surface area contributed by atoms with E-state index in [-0.39, 0.29) is 0 Å². The maximum absolute atomic E-state index is 6.35. The normalized spacial score (nSPS) is 11.2. The number of aromatic nitrogens is 2. The highest BCUT2D eigenvalue weighted by molar-refractivity contribution is 14.1. The van der Waals surface area contributed by atoms with Gasteiger partial charge in [-0.2, -0.15) is 0 Å². The molecule has 0 atom stereocenters. The molecule has 0 unspecified atom stereocenters. The first-order valence-corrected chi connectivity index (χ1v) is 8.65. The number of halogens is 4. The van der Waals surface area contributed by atoms with E-state index in [1.54, 1.807) is 12.1 Å². The van der Waals surface area contributed by atoms with Crippen LogP contribution >= 0.6 is 57.4 Å². The van der Waals surface area contributed by atoms with Gasteiger partial charge < -0.3 is 0 Å². The number of fused-ring (bicyclic) bond motifs is 1. The molecule has 0 amide bonds. The van der Waals surface area contributed by atoms with Crippen LogP contribution < -0.4 is 0 Å². The van der Waals surface area contributed by atoms with E-state index < -0.39 is 0 Å². The average molecular weight is 452 g/mol. The van der Waals surface area contributed by atoms with Gasteiger partial charge in [-0.3, -0.25) is 4.57 Å². The number of benzene rings is 2. The van der Waals surface area contributed by atoms with E-state index >= 15 is 0 Å². The largest absolute Gasteiger partial charge is 0.295 e. The zero-order valence-corrected chi connectivity index (χ0v) is 15.2. The average Bonchev–Trinajstić information content (AvgIpc) is 2.79. The highest BCUT2D eigenvalue weighted by Gasteiger charge is 2.15. The van der Waals surface area contributed by atoms with Gasteiger partial charge in [0, 0.05) is 20.9 Å². The third-order valence-corrected chi connectivity index (χ3v) is 4.57. The molecule has 1 aromatic heterocycles. The molecule has 1 heterocycles. The van der Waals surface area contributed by atoms with E-state index in [9.17, 15) is 0 Å². The van der Waals surface area contributed by atoms with Gasteiger partial charge in [0.2, 0.25) is 0 Å². The molecule has 21 heavy (non-hydrogen) atoms. The minimum absolute atomic E-state index is 0.499. The number of nitrogens with zero attached hydrogens (tertiary/aromatic N) is 2. The number of rotatable bonds is 3. The summed E-state index contributed by atoms with van der Waals surface area (Å²) in [5, 5.41) is 1.27. The number of aryl methyl sites for hydroxylation is 1.